The molecule has 0 unspecified atom stereocenters. The van der Waals surface area contributed by atoms with Gasteiger partial charge in [0.05, 0.1) is 28.8 Å². The molecule has 174 valence electrons. The topological polar surface area (TPSA) is 113 Å². The minimum absolute atomic E-state index is 0.0604. The molecule has 34 heavy (non-hydrogen) atoms. The summed E-state index contributed by atoms with van der Waals surface area (Å²) in [6, 6.07) is 16.6. The SMILES string of the molecule is COc1ccc(N(C)S(=O)(=O)c2cccc(C(=O)Nc3ccc4c(c3)C(=O)N(C)C4=O)c2)cc1. The van der Waals surface area contributed by atoms with Crippen LogP contribution in [0.1, 0.15) is 31.1 Å². The molecule has 0 aliphatic carbocycles. The lowest BCUT2D eigenvalue weighted by atomic mass is 10.1. The number of carbonyl (C=O) groups excluding carboxylic acids is 3. The van der Waals surface area contributed by atoms with E-state index < -0.39 is 27.7 Å². The van der Waals surface area contributed by atoms with Crippen molar-refractivity contribution in [2.75, 3.05) is 30.8 Å². The molecule has 9 nitrogen and oxygen atoms in total. The summed E-state index contributed by atoms with van der Waals surface area (Å²) in [5, 5.41) is 2.65. The molecule has 1 N–H and O–H groups in total. The van der Waals surface area contributed by atoms with Crippen molar-refractivity contribution >= 4 is 39.1 Å². The zero-order valence-electron chi connectivity index (χ0n) is 18.6. The summed E-state index contributed by atoms with van der Waals surface area (Å²) in [5.74, 6) is -0.825. The Morgan fingerprint density at radius 1 is 0.941 bits per heavy atom. The highest BCUT2D eigenvalue weighted by Crippen LogP contribution is 2.27. The maximum atomic E-state index is 13.1. The number of benzene rings is 3. The van der Waals surface area contributed by atoms with Crippen LogP contribution in [0.5, 0.6) is 5.75 Å². The summed E-state index contributed by atoms with van der Waals surface area (Å²) in [7, 11) is 0.382. The number of hydrogen-bond acceptors (Lipinski definition) is 6. The summed E-state index contributed by atoms with van der Waals surface area (Å²) in [4.78, 5) is 38.0. The molecule has 0 bridgehead atoms. The molecular formula is C24H21N3O6S. The van der Waals surface area contributed by atoms with E-state index >= 15 is 0 Å². The molecule has 1 aliphatic heterocycles. The van der Waals surface area contributed by atoms with Gasteiger partial charge in [-0.1, -0.05) is 6.07 Å². The molecule has 10 heteroatoms. The summed E-state index contributed by atoms with van der Waals surface area (Å²) in [5.41, 5.74) is 1.31. The van der Waals surface area contributed by atoms with Crippen LogP contribution in [0.3, 0.4) is 0 Å². The summed E-state index contributed by atoms with van der Waals surface area (Å²) in [6.45, 7) is 0. The lowest BCUT2D eigenvalue weighted by Crippen LogP contribution is -2.26. The number of sulfonamides is 1. The van der Waals surface area contributed by atoms with Gasteiger partial charge in [-0.15, -0.1) is 0 Å². The van der Waals surface area contributed by atoms with Crippen LogP contribution in [0.2, 0.25) is 0 Å². The molecule has 0 saturated heterocycles. The summed E-state index contributed by atoms with van der Waals surface area (Å²) >= 11 is 0. The molecule has 4 rings (SSSR count). The lowest BCUT2D eigenvalue weighted by molar-refractivity contribution is 0.0692. The van der Waals surface area contributed by atoms with E-state index in [1.165, 1.54) is 63.7 Å². The number of fused-ring (bicyclic) bond motifs is 1. The van der Waals surface area contributed by atoms with Gasteiger partial charge >= 0.3 is 0 Å². The van der Waals surface area contributed by atoms with E-state index in [2.05, 4.69) is 5.32 Å². The van der Waals surface area contributed by atoms with Gasteiger partial charge in [-0.05, 0) is 60.7 Å². The number of amides is 3. The molecule has 0 aromatic heterocycles. The first-order valence-corrected chi connectivity index (χ1v) is 11.6. The van der Waals surface area contributed by atoms with Crippen molar-refractivity contribution in [1.29, 1.82) is 0 Å². The zero-order chi connectivity index (χ0) is 24.6. The number of ether oxygens (including phenoxy) is 1. The van der Waals surface area contributed by atoms with Gasteiger partial charge in [-0.25, -0.2) is 8.42 Å². The number of imide groups is 1. The van der Waals surface area contributed by atoms with Crippen LogP contribution < -0.4 is 14.4 Å². The molecule has 0 atom stereocenters. The predicted octanol–water partition coefficient (Wildman–Crippen LogP) is 3.00. The van der Waals surface area contributed by atoms with Crippen molar-refractivity contribution in [3.05, 3.63) is 83.4 Å². The van der Waals surface area contributed by atoms with Crippen LogP contribution in [-0.2, 0) is 10.0 Å². The van der Waals surface area contributed by atoms with Crippen molar-refractivity contribution in [2.24, 2.45) is 0 Å². The van der Waals surface area contributed by atoms with E-state index in [0.29, 0.717) is 17.1 Å². The van der Waals surface area contributed by atoms with Gasteiger partial charge in [0.15, 0.2) is 0 Å². The maximum Gasteiger partial charge on any atom is 0.264 e. The van der Waals surface area contributed by atoms with Crippen molar-refractivity contribution in [1.82, 2.24) is 4.90 Å². The Kier molecular flexibility index (Phi) is 5.84. The quantitative estimate of drug-likeness (QED) is 0.544. The number of rotatable bonds is 6. The van der Waals surface area contributed by atoms with E-state index in [0.717, 1.165) is 9.21 Å². The zero-order valence-corrected chi connectivity index (χ0v) is 19.4. The Morgan fingerprint density at radius 2 is 1.62 bits per heavy atom. The first-order valence-electron chi connectivity index (χ1n) is 10.1. The number of anilines is 2. The largest absolute Gasteiger partial charge is 0.497 e. The third kappa shape index (κ3) is 3.99. The van der Waals surface area contributed by atoms with E-state index in [9.17, 15) is 22.8 Å². The second kappa shape index (κ2) is 8.64. The van der Waals surface area contributed by atoms with Gasteiger partial charge in [0, 0.05) is 25.3 Å². The van der Waals surface area contributed by atoms with Crippen LogP contribution >= 0.6 is 0 Å². The van der Waals surface area contributed by atoms with E-state index in [-0.39, 0.29) is 21.6 Å². The van der Waals surface area contributed by atoms with Gasteiger partial charge < -0.3 is 10.1 Å². The minimum atomic E-state index is -3.94. The van der Waals surface area contributed by atoms with Crippen LogP contribution in [0.4, 0.5) is 11.4 Å². The third-order valence-corrected chi connectivity index (χ3v) is 7.32. The van der Waals surface area contributed by atoms with Crippen LogP contribution in [0.15, 0.2) is 71.6 Å². The Balaban J connectivity index is 1.57. The van der Waals surface area contributed by atoms with Gasteiger partial charge in [-0.3, -0.25) is 23.6 Å². The molecule has 0 fully saturated rings. The predicted molar refractivity (Wildman–Crippen MR) is 126 cm³/mol. The minimum Gasteiger partial charge on any atom is -0.497 e. The van der Waals surface area contributed by atoms with Crippen LogP contribution in [0.25, 0.3) is 0 Å². The molecule has 3 aromatic carbocycles. The van der Waals surface area contributed by atoms with Crippen molar-refractivity contribution in [3.63, 3.8) is 0 Å². The van der Waals surface area contributed by atoms with E-state index in [4.69, 9.17) is 4.74 Å². The van der Waals surface area contributed by atoms with Crippen LogP contribution in [0, 0.1) is 0 Å². The second-order valence-electron chi connectivity index (χ2n) is 7.58. The number of methoxy groups -OCH3 is 1. The Bertz CT molecular complexity index is 1420. The first-order chi connectivity index (χ1) is 16.1. The molecule has 1 heterocycles. The molecular weight excluding hydrogens is 458 g/mol. The van der Waals surface area contributed by atoms with E-state index in [1.807, 2.05) is 0 Å². The number of hydrogen-bond donors (Lipinski definition) is 1. The van der Waals surface area contributed by atoms with E-state index in [1.54, 1.807) is 24.3 Å². The smallest absolute Gasteiger partial charge is 0.264 e. The fourth-order valence-corrected chi connectivity index (χ4v) is 4.77. The lowest BCUT2D eigenvalue weighted by Gasteiger charge is -2.20. The summed E-state index contributed by atoms with van der Waals surface area (Å²) in [6.07, 6.45) is 0. The number of carbonyl (C=O) groups is 3. The highest BCUT2D eigenvalue weighted by Gasteiger charge is 2.33. The van der Waals surface area contributed by atoms with Gasteiger partial charge in [0.25, 0.3) is 27.7 Å². The van der Waals surface area contributed by atoms with Crippen molar-refractivity contribution < 1.29 is 27.5 Å². The van der Waals surface area contributed by atoms with Crippen molar-refractivity contribution in [2.45, 2.75) is 4.90 Å². The van der Waals surface area contributed by atoms with Gasteiger partial charge in [0.2, 0.25) is 0 Å². The molecule has 3 aromatic rings. The standard InChI is InChI=1S/C24H21N3O6S/c1-26-23(29)20-12-7-16(14-21(20)24(26)30)25-22(28)15-5-4-6-19(13-15)34(31,32)27(2)17-8-10-18(33-3)11-9-17/h4-14H,1-3H3,(H,25,28). The fraction of sp³-hybridized carbons (Fsp3) is 0.125. The average molecular weight is 480 g/mol. The highest BCUT2D eigenvalue weighted by atomic mass is 32.2. The van der Waals surface area contributed by atoms with Crippen LogP contribution in [-0.4, -0.2) is 52.2 Å². The molecule has 0 spiro atoms. The number of nitrogens with zero attached hydrogens (tertiary/aromatic N) is 2. The molecule has 1 aliphatic rings. The van der Waals surface area contributed by atoms with Gasteiger partial charge in [-0.2, -0.15) is 0 Å². The third-order valence-electron chi connectivity index (χ3n) is 5.54. The Hall–Kier alpha value is -4.18. The summed E-state index contributed by atoms with van der Waals surface area (Å²) < 4.78 is 32.5. The van der Waals surface area contributed by atoms with Crippen molar-refractivity contribution in [3.8, 4) is 5.75 Å². The number of nitrogens with one attached hydrogen (secondary N) is 1. The second-order valence-corrected chi connectivity index (χ2v) is 9.55. The molecule has 3 amide bonds. The molecule has 0 radical (unpaired) electrons. The molecule has 0 saturated carbocycles. The average Bonchev–Trinajstić information content (AvgIpc) is 3.07. The monoisotopic (exact) mass is 479 g/mol. The van der Waals surface area contributed by atoms with Gasteiger partial charge in [0.1, 0.15) is 5.75 Å². The fourth-order valence-electron chi connectivity index (χ4n) is 3.53. The first kappa shape index (κ1) is 23.0. The highest BCUT2D eigenvalue weighted by molar-refractivity contribution is 7.92. The Labute approximate surface area is 196 Å². The Morgan fingerprint density at radius 3 is 2.29 bits per heavy atom. The normalized spacial score (nSPS) is 13.0. The maximum absolute atomic E-state index is 13.1.